The molecular formula is C8H22Se6. The summed E-state index contributed by atoms with van der Waals surface area (Å²) < 4.78 is 0. The molecule has 1 heterocycles. The van der Waals surface area contributed by atoms with Gasteiger partial charge in [-0.2, -0.15) is 0 Å². The molecule has 0 N–H and O–H groups in total. The Balaban J connectivity index is 2.27. The molecule has 0 spiro atoms. The van der Waals surface area contributed by atoms with Gasteiger partial charge in [0.15, 0.2) is 0 Å². The Morgan fingerprint density at radius 2 is 0.857 bits per heavy atom. The summed E-state index contributed by atoms with van der Waals surface area (Å²) in [5.41, 5.74) is 0. The fourth-order valence-corrected chi connectivity index (χ4v) is 195. The summed E-state index contributed by atoms with van der Waals surface area (Å²) in [5, 5.41) is 3.38. The van der Waals surface area contributed by atoms with Gasteiger partial charge in [0.25, 0.3) is 0 Å². The maximum atomic E-state index is 1.69. The molecule has 0 atom stereocenters. The average Bonchev–Trinajstić information content (AvgIpc) is 2.22. The molecule has 0 aromatic carbocycles. The summed E-state index contributed by atoms with van der Waals surface area (Å²) in [5.74, 6) is 0. The van der Waals surface area contributed by atoms with Crippen molar-refractivity contribution in [1.29, 1.82) is 0 Å². The Bertz CT molecular complexity index is 188. The predicted octanol–water partition coefficient (Wildman–Crippen LogP) is -0.629. The van der Waals surface area contributed by atoms with Crippen molar-refractivity contribution in [3.63, 3.8) is 0 Å². The Morgan fingerprint density at radius 3 is 1.36 bits per heavy atom. The minimum atomic E-state index is 0.920. The van der Waals surface area contributed by atoms with Crippen molar-refractivity contribution in [3.8, 4) is 0 Å². The van der Waals surface area contributed by atoms with Crippen LogP contribution >= 0.6 is 0 Å². The monoisotopic (exact) mass is 598 g/mol. The van der Waals surface area contributed by atoms with Crippen LogP contribution < -0.4 is 0 Å². The third kappa shape index (κ3) is 10.3. The van der Waals surface area contributed by atoms with Crippen LogP contribution in [0.5, 0.6) is 0 Å². The van der Waals surface area contributed by atoms with Crippen molar-refractivity contribution in [2.75, 3.05) is 0 Å². The molecule has 1 aliphatic rings. The van der Waals surface area contributed by atoms with Crippen LogP contribution in [0.3, 0.4) is 0 Å². The molecule has 0 nitrogen and oxygen atoms in total. The maximum absolute atomic E-state index is 1.69. The molecule has 14 heavy (non-hydrogen) atoms. The van der Waals surface area contributed by atoms with Crippen LogP contribution in [0.2, 0.25) is 10.6 Å². The van der Waals surface area contributed by atoms with Gasteiger partial charge < -0.3 is 0 Å². The second-order valence-electron chi connectivity index (χ2n) is 3.21. The van der Waals surface area contributed by atoms with Gasteiger partial charge in [0.1, 0.15) is 0 Å². The Labute approximate surface area is 116 Å². The van der Waals surface area contributed by atoms with Gasteiger partial charge in [0.05, 0.1) is 0 Å². The summed E-state index contributed by atoms with van der Waals surface area (Å²) >= 11 is 1.84. The summed E-state index contributed by atoms with van der Waals surface area (Å²) in [4.78, 5) is 0. The van der Waals surface area contributed by atoms with Gasteiger partial charge in [-0.05, 0) is 0 Å². The summed E-state index contributed by atoms with van der Waals surface area (Å²) in [6, 6.07) is 0. The summed E-state index contributed by atoms with van der Waals surface area (Å²) in [6.45, 7) is 0. The zero-order valence-corrected chi connectivity index (χ0v) is 19.6. The van der Waals surface area contributed by atoms with E-state index in [0.29, 0.717) is 0 Å². The van der Waals surface area contributed by atoms with Gasteiger partial charge in [-0.1, -0.05) is 0 Å². The van der Waals surface area contributed by atoms with E-state index < -0.39 is 0 Å². The molecule has 0 amide bonds. The molecule has 0 saturated carbocycles. The third-order valence-electron chi connectivity index (χ3n) is 2.01. The molecule has 1 rings (SSSR count). The average molecular weight is 592 g/mol. The fourth-order valence-electron chi connectivity index (χ4n) is 1.25. The first kappa shape index (κ1) is 15.2. The van der Waals surface area contributed by atoms with Crippen molar-refractivity contribution in [2.45, 2.75) is 49.2 Å². The van der Waals surface area contributed by atoms with Crippen LogP contribution in [0.25, 0.3) is 0 Å². The molecule has 0 aliphatic carbocycles. The molecule has 0 aromatic heterocycles. The van der Waals surface area contributed by atoms with Crippen molar-refractivity contribution < 1.29 is 0 Å². The van der Waals surface area contributed by atoms with Crippen LogP contribution in [-0.4, -0.2) is 68.3 Å². The van der Waals surface area contributed by atoms with E-state index in [9.17, 15) is 0 Å². The van der Waals surface area contributed by atoms with E-state index >= 15 is 0 Å². The number of hydrogen-bond donors (Lipinski definition) is 0. The standard InChI is InChI=1S/C8H22Se6/c1-2-4-6-8-10-12-14-13-11-9-7-5-3-1/h9-14H,1-8H2. The van der Waals surface area contributed by atoms with E-state index in [0.717, 1.165) is 68.3 Å². The first-order chi connectivity index (χ1) is 7.00. The molecule has 0 bridgehead atoms. The van der Waals surface area contributed by atoms with E-state index in [2.05, 4.69) is 0 Å². The van der Waals surface area contributed by atoms with E-state index in [1.165, 1.54) is 0 Å². The first-order valence-corrected chi connectivity index (χ1v) is 33.8. The van der Waals surface area contributed by atoms with Crippen molar-refractivity contribution in [1.82, 2.24) is 0 Å². The second kappa shape index (κ2) is 12.6. The molecular weight excluding hydrogens is 570 g/mol. The quantitative estimate of drug-likeness (QED) is 0.330. The minimum absolute atomic E-state index is 0.920. The molecule has 0 aromatic rings. The Hall–Kier alpha value is 3.12. The molecule has 90 valence electrons. The topological polar surface area (TPSA) is 0 Å². The molecule has 1 aliphatic heterocycles. The zero-order chi connectivity index (χ0) is 9.90. The van der Waals surface area contributed by atoms with E-state index in [4.69, 9.17) is 0 Å². The Kier molecular flexibility index (Phi) is 13.6. The fraction of sp³-hybridized carbons (Fsp3) is 1.00. The van der Waals surface area contributed by atoms with Gasteiger partial charge >= 0.3 is 117 Å². The molecule has 6 heteroatoms. The van der Waals surface area contributed by atoms with Crippen LogP contribution in [0, 0.1) is 0 Å². The first-order valence-electron chi connectivity index (χ1n) is 5.13. The summed E-state index contributed by atoms with van der Waals surface area (Å²) in [7, 11) is 4.06. The van der Waals surface area contributed by atoms with Gasteiger partial charge in [-0.25, -0.2) is 0 Å². The SMILES string of the molecule is C1CCCC[SeH]=[SeH][SeH]=[SeH][SeH]=[SeH]CCC1. The van der Waals surface area contributed by atoms with Crippen LogP contribution in [0.15, 0.2) is 0 Å². The van der Waals surface area contributed by atoms with E-state index in [-0.39, 0.29) is 0 Å². The molecule has 0 unspecified atom stereocenters. The number of rotatable bonds is 0. The molecule has 0 fully saturated rings. The Morgan fingerprint density at radius 1 is 0.429 bits per heavy atom. The predicted molar refractivity (Wildman–Crippen MR) is 80.2 cm³/mol. The normalized spacial score (nSPS) is 24.0. The van der Waals surface area contributed by atoms with Gasteiger partial charge in [0, 0.05) is 0 Å². The van der Waals surface area contributed by atoms with Crippen LogP contribution in [0.1, 0.15) is 38.5 Å². The van der Waals surface area contributed by atoms with Gasteiger partial charge in [-0.15, -0.1) is 0 Å². The second-order valence-corrected chi connectivity index (χ2v) is 62.3. The van der Waals surface area contributed by atoms with Crippen molar-refractivity contribution >= 4 is 68.3 Å². The van der Waals surface area contributed by atoms with Crippen LogP contribution in [-0.2, 0) is 0 Å². The molecule has 0 radical (unpaired) electrons. The van der Waals surface area contributed by atoms with E-state index in [1.54, 1.807) is 49.2 Å². The van der Waals surface area contributed by atoms with Crippen molar-refractivity contribution in [3.05, 3.63) is 0 Å². The number of hydrogen-bond acceptors (Lipinski definition) is 0. The van der Waals surface area contributed by atoms with Crippen molar-refractivity contribution in [2.24, 2.45) is 0 Å². The third-order valence-corrected chi connectivity index (χ3v) is 114. The van der Waals surface area contributed by atoms with Gasteiger partial charge in [-0.3, -0.25) is 0 Å². The molecule has 0 saturated heterocycles. The zero-order valence-electron chi connectivity index (χ0n) is 8.34. The van der Waals surface area contributed by atoms with Gasteiger partial charge in [0.2, 0.25) is 0 Å². The summed E-state index contributed by atoms with van der Waals surface area (Å²) in [6.07, 6.45) is 9.46. The van der Waals surface area contributed by atoms with E-state index in [1.807, 2.05) is 0 Å². The van der Waals surface area contributed by atoms with Crippen LogP contribution in [0.4, 0.5) is 0 Å².